The van der Waals surface area contributed by atoms with Gasteiger partial charge < -0.3 is 15.4 Å². The monoisotopic (exact) mass is 290 g/mol. The van der Waals surface area contributed by atoms with E-state index in [1.54, 1.807) is 0 Å². The van der Waals surface area contributed by atoms with Gasteiger partial charge in [0.1, 0.15) is 5.75 Å². The quantitative estimate of drug-likeness (QED) is 0.904. The summed E-state index contributed by atoms with van der Waals surface area (Å²) < 4.78 is 5.72. The Hall–Kier alpha value is -1.55. The predicted molar refractivity (Wildman–Crippen MR) is 84.3 cm³/mol. The first kappa shape index (κ1) is 15.8. The van der Waals surface area contributed by atoms with Gasteiger partial charge in [0.15, 0.2) is 6.61 Å². The van der Waals surface area contributed by atoms with E-state index in [9.17, 15) is 4.79 Å². The van der Waals surface area contributed by atoms with E-state index in [0.29, 0.717) is 5.92 Å². The third kappa shape index (κ3) is 4.21. The molecular weight excluding hydrogens is 264 g/mol. The zero-order valence-electron chi connectivity index (χ0n) is 13.0. The van der Waals surface area contributed by atoms with E-state index in [2.05, 4.69) is 6.92 Å². The number of nitrogens with two attached hydrogens (primary N) is 1. The molecule has 0 aliphatic carbocycles. The van der Waals surface area contributed by atoms with Gasteiger partial charge in [0.2, 0.25) is 0 Å². The summed E-state index contributed by atoms with van der Waals surface area (Å²) in [5.41, 5.74) is 7.10. The largest absolute Gasteiger partial charge is 0.483 e. The second-order valence-electron chi connectivity index (χ2n) is 5.85. The van der Waals surface area contributed by atoms with Crippen LogP contribution in [0.1, 0.15) is 32.3 Å². The molecule has 2 atom stereocenters. The summed E-state index contributed by atoms with van der Waals surface area (Å²) in [4.78, 5) is 14.2. The predicted octanol–water partition coefficient (Wildman–Crippen LogP) is 2.21. The number of hydrogen-bond donors (Lipinski definition) is 1. The van der Waals surface area contributed by atoms with Crippen LogP contribution in [0.5, 0.6) is 5.75 Å². The number of aryl methyl sites for hydroxylation is 1. The van der Waals surface area contributed by atoms with Crippen molar-refractivity contribution in [3.63, 3.8) is 0 Å². The zero-order chi connectivity index (χ0) is 15.2. The van der Waals surface area contributed by atoms with Gasteiger partial charge in [-0.3, -0.25) is 4.79 Å². The molecule has 0 saturated carbocycles. The molecule has 116 valence electrons. The van der Waals surface area contributed by atoms with Crippen LogP contribution in [0.15, 0.2) is 24.3 Å². The molecule has 0 radical (unpaired) electrons. The van der Waals surface area contributed by atoms with Crippen molar-refractivity contribution in [1.29, 1.82) is 0 Å². The minimum absolute atomic E-state index is 0.0613. The molecule has 2 N–H and O–H groups in total. The number of rotatable bonds is 5. The van der Waals surface area contributed by atoms with Crippen molar-refractivity contribution in [3.05, 3.63) is 29.8 Å². The second kappa shape index (κ2) is 7.46. The number of hydrogen-bond acceptors (Lipinski definition) is 3. The third-order valence-electron chi connectivity index (χ3n) is 4.26. The van der Waals surface area contributed by atoms with Crippen LogP contribution >= 0.6 is 0 Å². The number of nitrogens with zero attached hydrogens (tertiary/aromatic N) is 1. The summed E-state index contributed by atoms with van der Waals surface area (Å²) >= 11 is 0. The number of likely N-dealkylation sites (tertiary alicyclic amines) is 1. The van der Waals surface area contributed by atoms with E-state index in [1.807, 2.05) is 36.1 Å². The number of benzene rings is 1. The van der Waals surface area contributed by atoms with Crippen LogP contribution in [-0.4, -0.2) is 36.5 Å². The first-order valence-electron chi connectivity index (χ1n) is 7.86. The molecule has 1 fully saturated rings. The zero-order valence-corrected chi connectivity index (χ0v) is 13.0. The fourth-order valence-corrected chi connectivity index (χ4v) is 2.83. The van der Waals surface area contributed by atoms with Crippen LogP contribution in [0.3, 0.4) is 0 Å². The number of para-hydroxylation sites is 1. The first-order chi connectivity index (χ1) is 10.1. The Morgan fingerprint density at radius 2 is 2.24 bits per heavy atom. The Morgan fingerprint density at radius 1 is 1.48 bits per heavy atom. The Balaban J connectivity index is 1.89. The van der Waals surface area contributed by atoms with Gasteiger partial charge in [-0.05, 0) is 43.7 Å². The lowest BCUT2D eigenvalue weighted by Crippen LogP contribution is -2.46. The summed E-state index contributed by atoms with van der Waals surface area (Å²) in [6, 6.07) is 8.03. The highest BCUT2D eigenvalue weighted by atomic mass is 16.5. The Kier molecular flexibility index (Phi) is 5.62. The number of carbonyl (C=O) groups excluding carboxylic acids is 1. The first-order valence-corrected chi connectivity index (χ1v) is 7.86. The molecule has 0 unspecified atom stereocenters. The molecule has 1 aromatic carbocycles. The lowest BCUT2D eigenvalue weighted by Gasteiger charge is -2.34. The third-order valence-corrected chi connectivity index (χ3v) is 4.26. The highest BCUT2D eigenvalue weighted by molar-refractivity contribution is 5.78. The van der Waals surface area contributed by atoms with Gasteiger partial charge in [0, 0.05) is 19.1 Å². The maximum atomic E-state index is 12.3. The lowest BCUT2D eigenvalue weighted by molar-refractivity contribution is -0.135. The van der Waals surface area contributed by atoms with Gasteiger partial charge in [-0.15, -0.1) is 0 Å². The van der Waals surface area contributed by atoms with Crippen molar-refractivity contribution >= 4 is 5.91 Å². The SMILES string of the molecule is CCc1ccccc1OCC(=O)N1CCC[C@@H]([C@H](C)N)C1. The average Bonchev–Trinajstić information content (AvgIpc) is 2.52. The minimum Gasteiger partial charge on any atom is -0.483 e. The van der Waals surface area contributed by atoms with Crippen molar-refractivity contribution < 1.29 is 9.53 Å². The van der Waals surface area contributed by atoms with Gasteiger partial charge >= 0.3 is 0 Å². The molecule has 21 heavy (non-hydrogen) atoms. The van der Waals surface area contributed by atoms with E-state index >= 15 is 0 Å². The highest BCUT2D eigenvalue weighted by Crippen LogP contribution is 2.20. The smallest absolute Gasteiger partial charge is 0.260 e. The Labute approximate surface area is 127 Å². The molecule has 4 heteroatoms. The van der Waals surface area contributed by atoms with Crippen LogP contribution in [0.4, 0.5) is 0 Å². The van der Waals surface area contributed by atoms with Crippen molar-refractivity contribution in [2.24, 2.45) is 11.7 Å². The molecule has 0 spiro atoms. The van der Waals surface area contributed by atoms with E-state index in [0.717, 1.165) is 43.7 Å². The fourth-order valence-electron chi connectivity index (χ4n) is 2.83. The summed E-state index contributed by atoms with van der Waals surface area (Å²) in [7, 11) is 0. The molecule has 1 amide bonds. The van der Waals surface area contributed by atoms with E-state index in [-0.39, 0.29) is 18.6 Å². The van der Waals surface area contributed by atoms with E-state index < -0.39 is 0 Å². The standard InChI is InChI=1S/C17H26N2O2/c1-3-14-7-4-5-9-16(14)21-12-17(20)19-10-6-8-15(11-19)13(2)18/h4-5,7,9,13,15H,3,6,8,10-12,18H2,1-2H3/t13-,15+/m0/s1. The molecule has 0 aromatic heterocycles. The van der Waals surface area contributed by atoms with Gasteiger partial charge in [-0.1, -0.05) is 25.1 Å². The minimum atomic E-state index is 0.0613. The Morgan fingerprint density at radius 3 is 2.95 bits per heavy atom. The summed E-state index contributed by atoms with van der Waals surface area (Å²) in [5.74, 6) is 1.28. The molecular formula is C17H26N2O2. The molecule has 1 saturated heterocycles. The van der Waals surface area contributed by atoms with Crippen molar-refractivity contribution in [2.75, 3.05) is 19.7 Å². The van der Waals surface area contributed by atoms with Crippen LogP contribution in [0, 0.1) is 5.92 Å². The van der Waals surface area contributed by atoms with Crippen LogP contribution in [0.25, 0.3) is 0 Å². The Bertz CT molecular complexity index is 474. The van der Waals surface area contributed by atoms with Crippen molar-refractivity contribution in [3.8, 4) is 5.75 Å². The molecule has 1 aromatic rings. The van der Waals surface area contributed by atoms with Crippen LogP contribution < -0.4 is 10.5 Å². The van der Waals surface area contributed by atoms with Gasteiger partial charge in [0.25, 0.3) is 5.91 Å². The maximum absolute atomic E-state index is 12.3. The topological polar surface area (TPSA) is 55.6 Å². The second-order valence-corrected chi connectivity index (χ2v) is 5.85. The summed E-state index contributed by atoms with van der Waals surface area (Å²) in [6.07, 6.45) is 3.05. The summed E-state index contributed by atoms with van der Waals surface area (Å²) in [5, 5.41) is 0. The molecule has 1 aliphatic heterocycles. The number of piperidine rings is 1. The molecule has 1 aliphatic rings. The number of ether oxygens (including phenoxy) is 1. The number of carbonyl (C=O) groups is 1. The van der Waals surface area contributed by atoms with Crippen LogP contribution in [-0.2, 0) is 11.2 Å². The normalized spacial score (nSPS) is 20.1. The number of amides is 1. The molecule has 1 heterocycles. The summed E-state index contributed by atoms with van der Waals surface area (Å²) in [6.45, 7) is 5.80. The molecule has 0 bridgehead atoms. The van der Waals surface area contributed by atoms with E-state index in [1.165, 1.54) is 0 Å². The van der Waals surface area contributed by atoms with Gasteiger partial charge in [0.05, 0.1) is 0 Å². The molecule has 2 rings (SSSR count). The average molecular weight is 290 g/mol. The van der Waals surface area contributed by atoms with Gasteiger partial charge in [-0.2, -0.15) is 0 Å². The lowest BCUT2D eigenvalue weighted by atomic mass is 9.92. The van der Waals surface area contributed by atoms with Crippen molar-refractivity contribution in [2.45, 2.75) is 39.2 Å². The highest BCUT2D eigenvalue weighted by Gasteiger charge is 2.25. The maximum Gasteiger partial charge on any atom is 0.260 e. The van der Waals surface area contributed by atoms with Crippen LogP contribution in [0.2, 0.25) is 0 Å². The van der Waals surface area contributed by atoms with Crippen molar-refractivity contribution in [1.82, 2.24) is 4.90 Å². The van der Waals surface area contributed by atoms with E-state index in [4.69, 9.17) is 10.5 Å². The fraction of sp³-hybridized carbons (Fsp3) is 0.588. The van der Waals surface area contributed by atoms with Gasteiger partial charge in [-0.25, -0.2) is 0 Å². The molecule has 4 nitrogen and oxygen atoms in total.